The zero-order chi connectivity index (χ0) is 7.72. The molecule has 3 heteroatoms. The van der Waals surface area contributed by atoms with Crippen LogP contribution in [0.2, 0.25) is 0 Å². The highest BCUT2D eigenvalue weighted by Gasteiger charge is 2.25. The van der Waals surface area contributed by atoms with Crippen molar-refractivity contribution in [3.63, 3.8) is 0 Å². The molecule has 1 N–H and O–H groups in total. The molecule has 0 fully saturated rings. The highest BCUT2D eigenvalue weighted by atomic mass is 16.5. The van der Waals surface area contributed by atoms with E-state index in [0.29, 0.717) is 12.4 Å². The number of hydrogen-bond acceptors (Lipinski definition) is 3. The van der Waals surface area contributed by atoms with Crippen molar-refractivity contribution < 1.29 is 14.6 Å². The third kappa shape index (κ3) is 0.988. The molecule has 1 aliphatic rings. The molecule has 3 nitrogen and oxygen atoms in total. The zero-order valence-corrected chi connectivity index (χ0v) is 6.05. The van der Waals surface area contributed by atoms with Crippen LogP contribution in [0.15, 0.2) is 11.5 Å². The molecular formula is C7H10O3. The van der Waals surface area contributed by atoms with Crippen LogP contribution in [0.5, 0.6) is 0 Å². The number of ketones is 1. The third-order valence-electron chi connectivity index (χ3n) is 1.56. The molecule has 0 amide bonds. The van der Waals surface area contributed by atoms with Crippen molar-refractivity contribution in [3.8, 4) is 0 Å². The summed E-state index contributed by atoms with van der Waals surface area (Å²) in [6, 6.07) is 0. The van der Waals surface area contributed by atoms with Crippen LogP contribution in [0.25, 0.3) is 0 Å². The molecule has 1 aliphatic heterocycles. The van der Waals surface area contributed by atoms with Gasteiger partial charge in [0.15, 0.2) is 5.76 Å². The Hall–Kier alpha value is -0.990. The maximum Gasteiger partial charge on any atom is 0.206 e. The molecule has 0 aromatic heterocycles. The lowest BCUT2D eigenvalue weighted by atomic mass is 10.0. The van der Waals surface area contributed by atoms with E-state index in [1.54, 1.807) is 13.8 Å². The fourth-order valence-corrected chi connectivity index (χ4v) is 0.801. The first-order chi connectivity index (χ1) is 4.63. The number of allylic oxidation sites excluding steroid dienone is 2. The Kier molecular flexibility index (Phi) is 1.66. The second-order valence-corrected chi connectivity index (χ2v) is 2.48. The minimum atomic E-state index is -0.223. The number of Topliss-reactive ketones (excluding diaryl/α,β-unsaturated/α-hetero) is 1. The lowest BCUT2D eigenvalue weighted by Gasteiger charge is -2.18. The van der Waals surface area contributed by atoms with Gasteiger partial charge in [0.25, 0.3) is 0 Å². The van der Waals surface area contributed by atoms with Gasteiger partial charge in [-0.3, -0.25) is 4.79 Å². The maximum absolute atomic E-state index is 10.9. The molecule has 0 aromatic carbocycles. The van der Waals surface area contributed by atoms with Gasteiger partial charge in [-0.25, -0.2) is 0 Å². The van der Waals surface area contributed by atoms with E-state index in [1.807, 2.05) is 0 Å². The van der Waals surface area contributed by atoms with Gasteiger partial charge in [-0.05, 0) is 6.92 Å². The standard InChI is InChI=1S/C7H10O3/c1-4-3-10-5(2)7(9)6(4)8/h4,9H,3H2,1-2H3. The first-order valence-electron chi connectivity index (χ1n) is 3.19. The number of rotatable bonds is 0. The van der Waals surface area contributed by atoms with E-state index in [4.69, 9.17) is 9.84 Å². The Balaban J connectivity index is 2.88. The Morgan fingerprint density at radius 1 is 1.70 bits per heavy atom. The van der Waals surface area contributed by atoms with Crippen molar-refractivity contribution in [1.82, 2.24) is 0 Å². The SMILES string of the molecule is CC1=C(O)C(=O)C(C)CO1. The average molecular weight is 142 g/mol. The summed E-state index contributed by atoms with van der Waals surface area (Å²) in [4.78, 5) is 10.9. The van der Waals surface area contributed by atoms with E-state index < -0.39 is 0 Å². The smallest absolute Gasteiger partial charge is 0.206 e. The summed E-state index contributed by atoms with van der Waals surface area (Å²) in [5.41, 5.74) is 0. The highest BCUT2D eigenvalue weighted by molar-refractivity contribution is 5.95. The zero-order valence-electron chi connectivity index (χ0n) is 6.05. The number of aliphatic hydroxyl groups is 1. The van der Waals surface area contributed by atoms with E-state index in [1.165, 1.54) is 0 Å². The van der Waals surface area contributed by atoms with Crippen molar-refractivity contribution in [2.75, 3.05) is 6.61 Å². The van der Waals surface area contributed by atoms with Gasteiger partial charge in [-0.2, -0.15) is 0 Å². The van der Waals surface area contributed by atoms with Gasteiger partial charge in [0.05, 0.1) is 12.5 Å². The number of carbonyl (C=O) groups excluding carboxylic acids is 1. The van der Waals surface area contributed by atoms with E-state index in [-0.39, 0.29) is 17.5 Å². The predicted molar refractivity (Wildman–Crippen MR) is 35.5 cm³/mol. The molecule has 0 saturated heterocycles. The molecule has 56 valence electrons. The molecule has 10 heavy (non-hydrogen) atoms. The number of aliphatic hydroxyl groups excluding tert-OH is 1. The Bertz CT molecular complexity index is 193. The highest BCUT2D eigenvalue weighted by Crippen LogP contribution is 2.16. The summed E-state index contributed by atoms with van der Waals surface area (Å²) < 4.78 is 4.98. The first kappa shape index (κ1) is 7.12. The van der Waals surface area contributed by atoms with Crippen molar-refractivity contribution in [3.05, 3.63) is 11.5 Å². The van der Waals surface area contributed by atoms with E-state index in [2.05, 4.69) is 0 Å². The number of ether oxygens (including phenoxy) is 1. The largest absolute Gasteiger partial charge is 0.502 e. The Labute approximate surface area is 59.3 Å². The summed E-state index contributed by atoms with van der Waals surface area (Å²) >= 11 is 0. The molecule has 1 rings (SSSR count). The molecular weight excluding hydrogens is 132 g/mol. The molecule has 1 atom stereocenters. The van der Waals surface area contributed by atoms with Gasteiger partial charge in [0.2, 0.25) is 5.78 Å². The van der Waals surface area contributed by atoms with Crippen molar-refractivity contribution in [2.45, 2.75) is 13.8 Å². The third-order valence-corrected chi connectivity index (χ3v) is 1.56. The Morgan fingerprint density at radius 3 is 2.80 bits per heavy atom. The molecule has 0 spiro atoms. The van der Waals surface area contributed by atoms with Crippen molar-refractivity contribution in [2.24, 2.45) is 5.92 Å². The van der Waals surface area contributed by atoms with Crippen LogP contribution >= 0.6 is 0 Å². The van der Waals surface area contributed by atoms with Crippen LogP contribution in [0, 0.1) is 5.92 Å². The fourth-order valence-electron chi connectivity index (χ4n) is 0.801. The lowest BCUT2D eigenvalue weighted by molar-refractivity contribution is -0.125. The Morgan fingerprint density at radius 2 is 2.30 bits per heavy atom. The molecule has 1 heterocycles. The predicted octanol–water partition coefficient (Wildman–Crippen LogP) is 1.01. The van der Waals surface area contributed by atoms with Gasteiger partial charge in [-0.1, -0.05) is 6.92 Å². The minimum absolute atomic E-state index is 0.205. The lowest BCUT2D eigenvalue weighted by Crippen LogP contribution is -2.24. The summed E-state index contributed by atoms with van der Waals surface area (Å²) in [5, 5.41) is 9.02. The monoisotopic (exact) mass is 142 g/mol. The second-order valence-electron chi connectivity index (χ2n) is 2.48. The van der Waals surface area contributed by atoms with Crippen LogP contribution in [0.1, 0.15) is 13.8 Å². The molecule has 0 aromatic rings. The first-order valence-corrected chi connectivity index (χ1v) is 3.19. The number of hydrogen-bond donors (Lipinski definition) is 1. The molecule has 0 bridgehead atoms. The fraction of sp³-hybridized carbons (Fsp3) is 0.571. The summed E-state index contributed by atoms with van der Waals surface area (Å²) in [5.74, 6) is -0.311. The maximum atomic E-state index is 10.9. The van der Waals surface area contributed by atoms with Crippen LogP contribution in [-0.4, -0.2) is 17.5 Å². The van der Waals surface area contributed by atoms with Crippen molar-refractivity contribution in [1.29, 1.82) is 0 Å². The summed E-state index contributed by atoms with van der Waals surface area (Å²) in [6.07, 6.45) is 0. The summed E-state index contributed by atoms with van der Waals surface area (Å²) in [6.45, 7) is 3.69. The van der Waals surface area contributed by atoms with Gasteiger partial charge in [0.1, 0.15) is 5.76 Å². The van der Waals surface area contributed by atoms with Crippen LogP contribution in [0.4, 0.5) is 0 Å². The van der Waals surface area contributed by atoms with E-state index >= 15 is 0 Å². The molecule has 0 radical (unpaired) electrons. The van der Waals surface area contributed by atoms with Gasteiger partial charge in [-0.15, -0.1) is 0 Å². The molecule has 0 aliphatic carbocycles. The minimum Gasteiger partial charge on any atom is -0.502 e. The van der Waals surface area contributed by atoms with Crippen LogP contribution in [0.3, 0.4) is 0 Å². The topological polar surface area (TPSA) is 46.5 Å². The van der Waals surface area contributed by atoms with Crippen LogP contribution < -0.4 is 0 Å². The van der Waals surface area contributed by atoms with Gasteiger partial charge >= 0.3 is 0 Å². The molecule has 1 unspecified atom stereocenters. The van der Waals surface area contributed by atoms with Crippen molar-refractivity contribution >= 4 is 5.78 Å². The second kappa shape index (κ2) is 2.33. The van der Waals surface area contributed by atoms with Gasteiger partial charge < -0.3 is 9.84 Å². The number of carbonyl (C=O) groups is 1. The summed E-state index contributed by atoms with van der Waals surface area (Å²) in [7, 11) is 0. The van der Waals surface area contributed by atoms with E-state index in [0.717, 1.165) is 0 Å². The quantitative estimate of drug-likeness (QED) is 0.549. The van der Waals surface area contributed by atoms with E-state index in [9.17, 15) is 4.79 Å². The van der Waals surface area contributed by atoms with Crippen LogP contribution in [-0.2, 0) is 9.53 Å². The normalized spacial score (nSPS) is 26.6. The van der Waals surface area contributed by atoms with Gasteiger partial charge in [0, 0.05) is 0 Å². The molecule has 0 saturated carbocycles. The average Bonchev–Trinajstić information content (AvgIpc) is 1.93.